The normalized spacial score (nSPS) is 14.1. The van der Waals surface area contributed by atoms with Gasteiger partial charge in [-0.05, 0) is 26.8 Å². The van der Waals surface area contributed by atoms with Gasteiger partial charge in [0.1, 0.15) is 0 Å². The summed E-state index contributed by atoms with van der Waals surface area (Å²) in [5.41, 5.74) is 0.847. The molecule has 0 spiro atoms. The molecule has 4 nitrogen and oxygen atoms in total. The fraction of sp³-hybridized carbons (Fsp3) is 0.818. The van der Waals surface area contributed by atoms with Gasteiger partial charge in [-0.25, -0.2) is 12.7 Å². The maximum Gasteiger partial charge on any atom is 0.218 e. The molecule has 0 saturated heterocycles. The van der Waals surface area contributed by atoms with Crippen LogP contribution in [-0.4, -0.2) is 44.7 Å². The SMILES string of the molecule is C=C(C)CN(C)S(=O)(=O)C(C)CNCCC. The summed E-state index contributed by atoms with van der Waals surface area (Å²) in [5, 5.41) is 2.72. The van der Waals surface area contributed by atoms with Gasteiger partial charge >= 0.3 is 0 Å². The molecule has 0 aliphatic heterocycles. The zero-order chi connectivity index (χ0) is 12.8. The lowest BCUT2D eigenvalue weighted by molar-refractivity contribution is 0.477. The van der Waals surface area contributed by atoms with Gasteiger partial charge in [-0.3, -0.25) is 0 Å². The number of hydrogen-bond donors (Lipinski definition) is 1. The minimum absolute atomic E-state index is 0.389. The molecule has 0 aliphatic rings. The van der Waals surface area contributed by atoms with E-state index in [1.54, 1.807) is 14.0 Å². The van der Waals surface area contributed by atoms with Crippen molar-refractivity contribution >= 4 is 10.0 Å². The number of sulfonamides is 1. The zero-order valence-electron chi connectivity index (χ0n) is 10.8. The molecule has 5 heteroatoms. The van der Waals surface area contributed by atoms with E-state index in [4.69, 9.17) is 0 Å². The summed E-state index contributed by atoms with van der Waals surface area (Å²) in [6.45, 7) is 11.1. The number of nitrogens with one attached hydrogen (secondary N) is 1. The van der Waals surface area contributed by atoms with Crippen LogP contribution < -0.4 is 5.32 Å². The van der Waals surface area contributed by atoms with Crippen LogP contribution in [0.25, 0.3) is 0 Å². The largest absolute Gasteiger partial charge is 0.315 e. The molecule has 0 rings (SSSR count). The van der Waals surface area contributed by atoms with Crippen LogP contribution in [0.5, 0.6) is 0 Å². The van der Waals surface area contributed by atoms with E-state index >= 15 is 0 Å². The topological polar surface area (TPSA) is 49.4 Å². The van der Waals surface area contributed by atoms with E-state index in [-0.39, 0.29) is 0 Å². The van der Waals surface area contributed by atoms with E-state index < -0.39 is 15.3 Å². The van der Waals surface area contributed by atoms with E-state index in [0.29, 0.717) is 13.1 Å². The number of hydrogen-bond acceptors (Lipinski definition) is 3. The van der Waals surface area contributed by atoms with Crippen LogP contribution in [0, 0.1) is 0 Å². The zero-order valence-corrected chi connectivity index (χ0v) is 11.6. The van der Waals surface area contributed by atoms with Gasteiger partial charge in [-0.2, -0.15) is 0 Å². The van der Waals surface area contributed by atoms with Gasteiger partial charge in [-0.1, -0.05) is 19.1 Å². The minimum Gasteiger partial charge on any atom is -0.315 e. The van der Waals surface area contributed by atoms with Crippen LogP contribution in [0.4, 0.5) is 0 Å². The molecule has 0 fully saturated rings. The smallest absolute Gasteiger partial charge is 0.218 e. The molecular weight excluding hydrogens is 224 g/mol. The fourth-order valence-electron chi connectivity index (χ4n) is 1.36. The lowest BCUT2D eigenvalue weighted by Crippen LogP contribution is -2.40. The van der Waals surface area contributed by atoms with Crippen molar-refractivity contribution in [3.05, 3.63) is 12.2 Å². The van der Waals surface area contributed by atoms with Gasteiger partial charge < -0.3 is 5.32 Å². The van der Waals surface area contributed by atoms with Crippen molar-refractivity contribution < 1.29 is 8.42 Å². The van der Waals surface area contributed by atoms with Crippen molar-refractivity contribution in [2.24, 2.45) is 0 Å². The highest BCUT2D eigenvalue weighted by Gasteiger charge is 2.25. The maximum absolute atomic E-state index is 12.0. The number of rotatable bonds is 8. The fourth-order valence-corrected chi connectivity index (χ4v) is 2.71. The summed E-state index contributed by atoms with van der Waals surface area (Å²) in [6.07, 6.45) is 1.01. The van der Waals surface area contributed by atoms with Crippen molar-refractivity contribution in [1.82, 2.24) is 9.62 Å². The lowest BCUT2D eigenvalue weighted by atomic mass is 10.4. The summed E-state index contributed by atoms with van der Waals surface area (Å²) in [7, 11) is -1.61. The molecule has 16 heavy (non-hydrogen) atoms. The Morgan fingerprint density at radius 3 is 2.50 bits per heavy atom. The Labute approximate surface area is 99.8 Å². The molecule has 0 amide bonds. The Morgan fingerprint density at radius 2 is 2.06 bits per heavy atom. The molecule has 1 N–H and O–H groups in total. The molecule has 0 bridgehead atoms. The van der Waals surface area contributed by atoms with E-state index in [1.807, 2.05) is 6.92 Å². The molecular formula is C11H24N2O2S. The molecule has 0 radical (unpaired) electrons. The lowest BCUT2D eigenvalue weighted by Gasteiger charge is -2.22. The first kappa shape index (κ1) is 15.6. The van der Waals surface area contributed by atoms with Gasteiger partial charge in [0.25, 0.3) is 0 Å². The highest BCUT2D eigenvalue weighted by Crippen LogP contribution is 2.07. The highest BCUT2D eigenvalue weighted by molar-refractivity contribution is 7.89. The van der Waals surface area contributed by atoms with E-state index in [0.717, 1.165) is 18.5 Å². The van der Waals surface area contributed by atoms with E-state index in [9.17, 15) is 8.42 Å². The summed E-state index contributed by atoms with van der Waals surface area (Å²) in [4.78, 5) is 0. The van der Waals surface area contributed by atoms with Gasteiger partial charge in [-0.15, -0.1) is 0 Å². The third-order valence-corrected chi connectivity index (χ3v) is 4.48. The summed E-state index contributed by atoms with van der Waals surface area (Å²) in [6, 6.07) is 0. The Kier molecular flexibility index (Phi) is 6.87. The second-order valence-electron chi connectivity index (χ2n) is 4.27. The quantitative estimate of drug-likeness (QED) is 0.519. The predicted molar refractivity (Wildman–Crippen MR) is 69.0 cm³/mol. The molecule has 0 aromatic carbocycles. The van der Waals surface area contributed by atoms with E-state index in [2.05, 4.69) is 18.8 Å². The molecule has 0 saturated carbocycles. The van der Waals surface area contributed by atoms with E-state index in [1.165, 1.54) is 4.31 Å². The highest BCUT2D eigenvalue weighted by atomic mass is 32.2. The molecule has 0 aromatic rings. The van der Waals surface area contributed by atoms with Crippen LogP contribution in [-0.2, 0) is 10.0 Å². The van der Waals surface area contributed by atoms with Crippen LogP contribution in [0.1, 0.15) is 27.2 Å². The second kappa shape index (κ2) is 7.04. The third kappa shape index (κ3) is 5.09. The Hall–Kier alpha value is -0.390. The van der Waals surface area contributed by atoms with Crippen molar-refractivity contribution in [3.63, 3.8) is 0 Å². The second-order valence-corrected chi connectivity index (χ2v) is 6.73. The molecule has 0 aromatic heterocycles. The summed E-state index contributed by atoms with van der Waals surface area (Å²) < 4.78 is 25.4. The molecule has 96 valence electrons. The first-order chi connectivity index (χ1) is 7.32. The summed E-state index contributed by atoms with van der Waals surface area (Å²) >= 11 is 0. The monoisotopic (exact) mass is 248 g/mol. The molecule has 1 atom stereocenters. The summed E-state index contributed by atoms with van der Waals surface area (Å²) in [5.74, 6) is 0. The Balaban J connectivity index is 4.35. The number of likely N-dealkylation sites (N-methyl/N-ethyl adjacent to an activating group) is 1. The minimum atomic E-state index is -3.20. The van der Waals surface area contributed by atoms with Crippen LogP contribution in [0.15, 0.2) is 12.2 Å². The average molecular weight is 248 g/mol. The van der Waals surface area contributed by atoms with Gasteiger partial charge in [0.2, 0.25) is 10.0 Å². The maximum atomic E-state index is 12.0. The Bertz CT molecular complexity index is 312. The molecule has 0 aliphatic carbocycles. The average Bonchev–Trinajstić information content (AvgIpc) is 2.16. The van der Waals surface area contributed by atoms with Crippen molar-refractivity contribution in [2.75, 3.05) is 26.7 Å². The number of nitrogens with zero attached hydrogens (tertiary/aromatic N) is 1. The van der Waals surface area contributed by atoms with Crippen molar-refractivity contribution in [3.8, 4) is 0 Å². The molecule has 0 heterocycles. The standard InChI is InChI=1S/C11H24N2O2S/c1-6-7-12-8-11(4)16(14,15)13(5)9-10(2)3/h11-12H,2,6-9H2,1,3-5H3. The van der Waals surface area contributed by atoms with Crippen LogP contribution in [0.2, 0.25) is 0 Å². The predicted octanol–water partition coefficient (Wildman–Crippen LogP) is 1.21. The first-order valence-electron chi connectivity index (χ1n) is 5.62. The van der Waals surface area contributed by atoms with Crippen molar-refractivity contribution in [1.29, 1.82) is 0 Å². The molecule has 1 unspecified atom stereocenters. The Morgan fingerprint density at radius 1 is 1.50 bits per heavy atom. The van der Waals surface area contributed by atoms with Crippen molar-refractivity contribution in [2.45, 2.75) is 32.4 Å². The van der Waals surface area contributed by atoms with Gasteiger partial charge in [0.15, 0.2) is 0 Å². The van der Waals surface area contributed by atoms with Crippen LogP contribution >= 0.6 is 0 Å². The first-order valence-corrected chi connectivity index (χ1v) is 7.13. The van der Waals surface area contributed by atoms with Gasteiger partial charge in [0.05, 0.1) is 5.25 Å². The van der Waals surface area contributed by atoms with Crippen LogP contribution in [0.3, 0.4) is 0 Å². The van der Waals surface area contributed by atoms with Gasteiger partial charge in [0, 0.05) is 20.1 Å². The third-order valence-electron chi connectivity index (χ3n) is 2.29.